The lowest BCUT2D eigenvalue weighted by atomic mass is 9.91. The van der Waals surface area contributed by atoms with Crippen molar-refractivity contribution in [2.75, 3.05) is 39.5 Å². The van der Waals surface area contributed by atoms with Crippen molar-refractivity contribution in [2.24, 2.45) is 11.7 Å². The summed E-state index contributed by atoms with van der Waals surface area (Å²) in [7, 11) is 0. The molecule has 4 nitrogen and oxygen atoms in total. The maximum absolute atomic E-state index is 6.37. The molecule has 1 saturated heterocycles. The van der Waals surface area contributed by atoms with E-state index in [1.54, 1.807) is 0 Å². The standard InChI is InChI=1S/C14H20N2O2/c15-14-11(9-16-5-7-17-8-6-16)10-18-13-4-2-1-3-12(13)14/h1-4,11,14H,5-10,15H2. The third-order valence-electron chi connectivity index (χ3n) is 3.84. The molecule has 18 heavy (non-hydrogen) atoms. The van der Waals surface area contributed by atoms with Gasteiger partial charge >= 0.3 is 0 Å². The highest BCUT2D eigenvalue weighted by Crippen LogP contribution is 2.33. The lowest BCUT2D eigenvalue weighted by Crippen LogP contribution is -2.44. The first kappa shape index (κ1) is 12.0. The number of nitrogens with zero attached hydrogens (tertiary/aromatic N) is 1. The van der Waals surface area contributed by atoms with Crippen LogP contribution >= 0.6 is 0 Å². The summed E-state index contributed by atoms with van der Waals surface area (Å²) < 4.78 is 11.2. The molecule has 0 bridgehead atoms. The molecule has 98 valence electrons. The van der Waals surface area contributed by atoms with Crippen molar-refractivity contribution >= 4 is 0 Å². The lowest BCUT2D eigenvalue weighted by molar-refractivity contribution is 0.0218. The lowest BCUT2D eigenvalue weighted by Gasteiger charge is -2.36. The van der Waals surface area contributed by atoms with Crippen molar-refractivity contribution in [3.05, 3.63) is 29.8 Å². The molecule has 0 aromatic heterocycles. The second-order valence-corrected chi connectivity index (χ2v) is 5.05. The van der Waals surface area contributed by atoms with Gasteiger partial charge in [-0.1, -0.05) is 18.2 Å². The molecule has 2 atom stereocenters. The van der Waals surface area contributed by atoms with E-state index in [4.69, 9.17) is 15.2 Å². The fraction of sp³-hybridized carbons (Fsp3) is 0.571. The molecule has 2 unspecified atom stereocenters. The highest BCUT2D eigenvalue weighted by Gasteiger charge is 2.29. The normalized spacial score (nSPS) is 28.5. The molecule has 1 aromatic rings. The predicted octanol–water partition coefficient (Wildman–Crippen LogP) is 1.03. The number of morpholine rings is 1. The van der Waals surface area contributed by atoms with Gasteiger partial charge in [-0.15, -0.1) is 0 Å². The Labute approximate surface area is 108 Å². The van der Waals surface area contributed by atoms with Crippen molar-refractivity contribution in [2.45, 2.75) is 6.04 Å². The van der Waals surface area contributed by atoms with Crippen LogP contribution in [0.5, 0.6) is 5.75 Å². The van der Waals surface area contributed by atoms with Gasteiger partial charge in [0.2, 0.25) is 0 Å². The van der Waals surface area contributed by atoms with Crippen molar-refractivity contribution in [1.82, 2.24) is 4.90 Å². The first-order chi connectivity index (χ1) is 8.84. The van der Waals surface area contributed by atoms with Crippen molar-refractivity contribution in [3.8, 4) is 5.75 Å². The summed E-state index contributed by atoms with van der Waals surface area (Å²) >= 11 is 0. The van der Waals surface area contributed by atoms with E-state index in [0.29, 0.717) is 5.92 Å². The zero-order chi connectivity index (χ0) is 12.4. The van der Waals surface area contributed by atoms with Gasteiger partial charge in [-0.05, 0) is 6.07 Å². The van der Waals surface area contributed by atoms with Crippen molar-refractivity contribution in [1.29, 1.82) is 0 Å². The Morgan fingerprint density at radius 3 is 2.83 bits per heavy atom. The molecule has 0 saturated carbocycles. The topological polar surface area (TPSA) is 47.7 Å². The van der Waals surface area contributed by atoms with Gasteiger partial charge < -0.3 is 15.2 Å². The number of hydrogen-bond donors (Lipinski definition) is 1. The van der Waals surface area contributed by atoms with Gasteiger partial charge in [-0.3, -0.25) is 4.90 Å². The van der Waals surface area contributed by atoms with E-state index in [1.807, 2.05) is 18.2 Å². The van der Waals surface area contributed by atoms with E-state index < -0.39 is 0 Å². The Kier molecular flexibility index (Phi) is 3.50. The second-order valence-electron chi connectivity index (χ2n) is 5.05. The second kappa shape index (κ2) is 5.26. The van der Waals surface area contributed by atoms with E-state index >= 15 is 0 Å². The minimum Gasteiger partial charge on any atom is -0.493 e. The van der Waals surface area contributed by atoms with Crippen LogP contribution in [-0.2, 0) is 4.74 Å². The molecular weight excluding hydrogens is 228 g/mol. The number of nitrogens with two attached hydrogens (primary N) is 1. The zero-order valence-electron chi connectivity index (χ0n) is 10.5. The van der Waals surface area contributed by atoms with E-state index in [2.05, 4.69) is 11.0 Å². The minimum atomic E-state index is 0.0813. The van der Waals surface area contributed by atoms with Crippen LogP contribution in [0.1, 0.15) is 11.6 Å². The Bertz CT molecular complexity index is 405. The highest BCUT2D eigenvalue weighted by molar-refractivity contribution is 5.37. The number of ether oxygens (including phenoxy) is 2. The molecule has 2 N–H and O–H groups in total. The van der Waals surface area contributed by atoms with Gasteiger partial charge in [0, 0.05) is 37.2 Å². The molecule has 0 spiro atoms. The fourth-order valence-electron chi connectivity index (χ4n) is 2.72. The Balaban J connectivity index is 1.68. The molecule has 1 aromatic carbocycles. The zero-order valence-corrected chi connectivity index (χ0v) is 10.5. The average molecular weight is 248 g/mol. The third kappa shape index (κ3) is 2.36. The van der Waals surface area contributed by atoms with Crippen LogP contribution in [0.2, 0.25) is 0 Å². The van der Waals surface area contributed by atoms with E-state index in [1.165, 1.54) is 0 Å². The molecule has 0 aliphatic carbocycles. The summed E-state index contributed by atoms with van der Waals surface area (Å²) in [5, 5.41) is 0. The molecule has 0 amide bonds. The van der Waals surface area contributed by atoms with Crippen LogP contribution in [0.4, 0.5) is 0 Å². The van der Waals surface area contributed by atoms with Gasteiger partial charge in [-0.25, -0.2) is 0 Å². The van der Waals surface area contributed by atoms with Crippen LogP contribution in [0.15, 0.2) is 24.3 Å². The number of benzene rings is 1. The smallest absolute Gasteiger partial charge is 0.124 e. The van der Waals surface area contributed by atoms with Crippen LogP contribution in [-0.4, -0.2) is 44.4 Å². The number of hydrogen-bond acceptors (Lipinski definition) is 4. The molecule has 4 heteroatoms. The minimum absolute atomic E-state index is 0.0813. The molecule has 0 radical (unpaired) electrons. The summed E-state index contributed by atoms with van der Waals surface area (Å²) in [5.74, 6) is 1.32. The molecule has 1 fully saturated rings. The summed E-state index contributed by atoms with van der Waals surface area (Å²) in [5.41, 5.74) is 7.51. The SMILES string of the molecule is NC1c2ccccc2OCC1CN1CCOCC1. The van der Waals surface area contributed by atoms with Crippen LogP contribution in [0.3, 0.4) is 0 Å². The quantitative estimate of drug-likeness (QED) is 0.849. The number of fused-ring (bicyclic) bond motifs is 1. The monoisotopic (exact) mass is 248 g/mol. The van der Waals surface area contributed by atoms with Crippen molar-refractivity contribution in [3.63, 3.8) is 0 Å². The maximum Gasteiger partial charge on any atom is 0.124 e. The maximum atomic E-state index is 6.37. The van der Waals surface area contributed by atoms with Crippen molar-refractivity contribution < 1.29 is 9.47 Å². The van der Waals surface area contributed by atoms with Crippen LogP contribution in [0.25, 0.3) is 0 Å². The van der Waals surface area contributed by atoms with Gasteiger partial charge in [-0.2, -0.15) is 0 Å². The Hall–Kier alpha value is -1.10. The van der Waals surface area contributed by atoms with Gasteiger partial charge in [0.05, 0.1) is 19.8 Å². The Morgan fingerprint density at radius 1 is 1.22 bits per heavy atom. The number of rotatable bonds is 2. The molecule has 2 heterocycles. The predicted molar refractivity (Wildman–Crippen MR) is 69.6 cm³/mol. The Morgan fingerprint density at radius 2 is 2.00 bits per heavy atom. The van der Waals surface area contributed by atoms with Gasteiger partial charge in [0.1, 0.15) is 5.75 Å². The van der Waals surface area contributed by atoms with E-state index in [9.17, 15) is 0 Å². The molecule has 2 aliphatic heterocycles. The highest BCUT2D eigenvalue weighted by atomic mass is 16.5. The van der Waals surface area contributed by atoms with E-state index in [-0.39, 0.29) is 6.04 Å². The van der Waals surface area contributed by atoms with Gasteiger partial charge in [0.15, 0.2) is 0 Å². The first-order valence-corrected chi connectivity index (χ1v) is 6.62. The van der Waals surface area contributed by atoms with E-state index in [0.717, 1.165) is 50.8 Å². The molecule has 2 aliphatic rings. The first-order valence-electron chi connectivity index (χ1n) is 6.62. The van der Waals surface area contributed by atoms with Crippen LogP contribution in [0, 0.1) is 5.92 Å². The summed E-state index contributed by atoms with van der Waals surface area (Å²) in [6.45, 7) is 5.39. The molecule has 3 rings (SSSR count). The summed E-state index contributed by atoms with van der Waals surface area (Å²) in [6, 6.07) is 8.18. The largest absolute Gasteiger partial charge is 0.493 e. The van der Waals surface area contributed by atoms with Gasteiger partial charge in [0.25, 0.3) is 0 Å². The summed E-state index contributed by atoms with van der Waals surface area (Å²) in [4.78, 5) is 2.42. The van der Waals surface area contributed by atoms with Crippen LogP contribution < -0.4 is 10.5 Å². The fourth-order valence-corrected chi connectivity index (χ4v) is 2.72. The molecular formula is C14H20N2O2. The average Bonchev–Trinajstić information content (AvgIpc) is 2.43. The number of para-hydroxylation sites is 1. The third-order valence-corrected chi connectivity index (χ3v) is 3.84. The summed E-state index contributed by atoms with van der Waals surface area (Å²) in [6.07, 6.45) is 0.